The molecule has 1 fully saturated rings. The van der Waals surface area contributed by atoms with Crippen molar-refractivity contribution >= 4 is 17.6 Å². The molecule has 1 aliphatic rings. The van der Waals surface area contributed by atoms with E-state index in [-0.39, 0.29) is 12.4 Å². The zero-order valence-electron chi connectivity index (χ0n) is 18.2. The van der Waals surface area contributed by atoms with Gasteiger partial charge in [0.15, 0.2) is 6.10 Å². The van der Waals surface area contributed by atoms with Crippen LogP contribution in [0.15, 0.2) is 18.2 Å². The largest absolute Gasteiger partial charge is 0.479 e. The van der Waals surface area contributed by atoms with Gasteiger partial charge in [-0.1, -0.05) is 33.8 Å². The molecule has 0 radical (unpaired) electrons. The first-order valence-electron chi connectivity index (χ1n) is 9.77. The molecule has 30 heavy (non-hydrogen) atoms. The number of esters is 1. The molecule has 1 heterocycles. The predicted octanol–water partition coefficient (Wildman–Crippen LogP) is 1.11. The number of rotatable bonds is 6. The maximum absolute atomic E-state index is 11.1. The summed E-state index contributed by atoms with van der Waals surface area (Å²) in [5, 5.41) is 41.4. The van der Waals surface area contributed by atoms with Gasteiger partial charge in [-0.05, 0) is 17.7 Å². The van der Waals surface area contributed by atoms with Crippen LogP contribution >= 0.6 is 0 Å². The lowest BCUT2D eigenvalue weighted by molar-refractivity contribution is -0.271. The van der Waals surface area contributed by atoms with Crippen LogP contribution in [0.3, 0.4) is 0 Å². The molecule has 0 spiro atoms. The van der Waals surface area contributed by atoms with E-state index in [1.807, 2.05) is 27.7 Å². The van der Waals surface area contributed by atoms with Crippen molar-refractivity contribution in [2.45, 2.75) is 71.9 Å². The summed E-state index contributed by atoms with van der Waals surface area (Å²) in [7, 11) is 1.61. The van der Waals surface area contributed by atoms with Gasteiger partial charge in [0, 0.05) is 14.0 Å². The molecule has 1 aliphatic heterocycles. The molecular formula is C20H33NO9. The number of hydrogen-bond acceptors (Lipinski definition) is 9. The average molecular weight is 431 g/mol. The number of carbonyl (C=O) groups is 2. The lowest BCUT2D eigenvalue weighted by atomic mass is 9.99. The number of carbonyl (C=O) groups excluding carboxylic acids is 1. The molecule has 172 valence electrons. The molecule has 10 nitrogen and oxygen atoms in total. The van der Waals surface area contributed by atoms with Gasteiger partial charge in [-0.15, -0.1) is 0 Å². The highest BCUT2D eigenvalue weighted by Gasteiger charge is 2.48. The van der Waals surface area contributed by atoms with E-state index >= 15 is 0 Å². The summed E-state index contributed by atoms with van der Waals surface area (Å²) in [5.41, 5.74) is 1.12. The minimum atomic E-state index is -1.79. The number of anilines is 1. The molecule has 10 heteroatoms. The molecule has 0 aromatic heterocycles. The van der Waals surface area contributed by atoms with Crippen LogP contribution in [0.4, 0.5) is 5.69 Å². The molecule has 5 N–H and O–H groups in total. The molecule has 0 amide bonds. The predicted molar refractivity (Wildman–Crippen MR) is 109 cm³/mol. The fourth-order valence-electron chi connectivity index (χ4n) is 2.42. The first kappa shape index (κ1) is 27.6. The van der Waals surface area contributed by atoms with Crippen molar-refractivity contribution in [2.24, 2.45) is 0 Å². The summed E-state index contributed by atoms with van der Waals surface area (Å²) in [6.45, 7) is 9.34. The van der Waals surface area contributed by atoms with Gasteiger partial charge in [0.25, 0.3) is 0 Å². The van der Waals surface area contributed by atoms with Crippen molar-refractivity contribution in [3.8, 4) is 5.75 Å². The quantitative estimate of drug-likeness (QED) is 0.414. The van der Waals surface area contributed by atoms with Gasteiger partial charge in [-0.25, -0.2) is 4.79 Å². The molecule has 2 rings (SSSR count). The van der Waals surface area contributed by atoms with Crippen molar-refractivity contribution in [2.75, 3.05) is 12.4 Å². The Morgan fingerprint density at radius 3 is 2.17 bits per heavy atom. The summed E-state index contributed by atoms with van der Waals surface area (Å²) in [4.78, 5) is 22.0. The number of aliphatic carboxylic acids is 1. The topological polar surface area (TPSA) is 155 Å². The summed E-state index contributed by atoms with van der Waals surface area (Å²) in [6.07, 6.45) is -8.47. The number of ether oxygens (including phenoxy) is 3. The van der Waals surface area contributed by atoms with Crippen LogP contribution in [0.1, 0.15) is 40.2 Å². The molecule has 0 bridgehead atoms. The number of carboxylic acids is 1. The minimum absolute atomic E-state index is 0.0544. The van der Waals surface area contributed by atoms with Gasteiger partial charge >= 0.3 is 11.9 Å². The van der Waals surface area contributed by atoms with Crippen LogP contribution < -0.4 is 10.1 Å². The van der Waals surface area contributed by atoms with E-state index in [1.54, 1.807) is 19.2 Å². The number of carboxylic acid groups (broad SMARTS) is 1. The van der Waals surface area contributed by atoms with Crippen molar-refractivity contribution in [3.05, 3.63) is 23.8 Å². The standard InChI is InChI=1S/C16H21NO9.2C2H6/c1-7(18)24-6-8-3-4-10(9(5-8)17-2)25-16-13(21)11(19)12(20)14(26-16)15(22)23;2*1-2/h3-5,11-14,16-17,19-21H,6H2,1-2H3,(H,22,23);2*1-2H3/t11-,12-,13+,14-,16+;;/m0../s1. The van der Waals surface area contributed by atoms with E-state index in [2.05, 4.69) is 5.32 Å². The highest BCUT2D eigenvalue weighted by molar-refractivity contribution is 5.73. The SMILES string of the molecule is CC.CC.CNc1cc(COC(C)=O)ccc1O[C@@H]1O[C@H](C(=O)O)[C@@H](O)[C@H](O)[C@H]1O. The number of hydrogen-bond donors (Lipinski definition) is 5. The average Bonchev–Trinajstić information content (AvgIpc) is 2.75. The second kappa shape index (κ2) is 13.8. The Hall–Kier alpha value is -2.40. The molecule has 1 aromatic carbocycles. The molecular weight excluding hydrogens is 398 g/mol. The van der Waals surface area contributed by atoms with E-state index < -0.39 is 42.6 Å². The lowest BCUT2D eigenvalue weighted by Gasteiger charge is -2.38. The Kier molecular flexibility index (Phi) is 12.7. The van der Waals surface area contributed by atoms with Crippen molar-refractivity contribution in [1.29, 1.82) is 0 Å². The van der Waals surface area contributed by atoms with Crippen molar-refractivity contribution in [3.63, 3.8) is 0 Å². The van der Waals surface area contributed by atoms with E-state index in [0.717, 1.165) is 0 Å². The minimum Gasteiger partial charge on any atom is -0.479 e. The van der Waals surface area contributed by atoms with E-state index in [1.165, 1.54) is 13.0 Å². The van der Waals surface area contributed by atoms with E-state index in [0.29, 0.717) is 11.3 Å². The monoisotopic (exact) mass is 431 g/mol. The third kappa shape index (κ3) is 7.45. The number of aliphatic hydroxyl groups excluding tert-OH is 3. The fraction of sp³-hybridized carbons (Fsp3) is 0.600. The van der Waals surface area contributed by atoms with Crippen LogP contribution in [0.5, 0.6) is 5.75 Å². The van der Waals surface area contributed by atoms with Crippen LogP contribution in [0.2, 0.25) is 0 Å². The van der Waals surface area contributed by atoms with Gasteiger partial charge < -0.3 is 40.0 Å². The van der Waals surface area contributed by atoms with Crippen LogP contribution in [-0.4, -0.2) is 70.1 Å². The number of nitrogens with one attached hydrogen (secondary N) is 1. The van der Waals surface area contributed by atoms with E-state index in [4.69, 9.17) is 19.3 Å². The van der Waals surface area contributed by atoms with Gasteiger partial charge in [-0.3, -0.25) is 4.79 Å². The van der Waals surface area contributed by atoms with Gasteiger partial charge in [0.05, 0.1) is 5.69 Å². The molecule has 1 saturated heterocycles. The van der Waals surface area contributed by atoms with E-state index in [9.17, 15) is 24.9 Å². The van der Waals surface area contributed by atoms with Crippen molar-refractivity contribution < 1.29 is 44.2 Å². The molecule has 0 unspecified atom stereocenters. The van der Waals surface area contributed by atoms with Crippen molar-refractivity contribution in [1.82, 2.24) is 0 Å². The summed E-state index contributed by atoms with van der Waals surface area (Å²) >= 11 is 0. The Balaban J connectivity index is 0.00000198. The van der Waals surface area contributed by atoms with Crippen LogP contribution in [-0.2, 0) is 25.7 Å². The Bertz CT molecular complexity index is 668. The Morgan fingerprint density at radius 2 is 1.67 bits per heavy atom. The van der Waals surface area contributed by atoms with Crippen LogP contribution in [0, 0.1) is 0 Å². The second-order valence-corrected chi connectivity index (χ2v) is 5.71. The Morgan fingerprint density at radius 1 is 1.07 bits per heavy atom. The first-order chi connectivity index (χ1) is 14.2. The first-order valence-corrected chi connectivity index (χ1v) is 9.77. The fourth-order valence-corrected chi connectivity index (χ4v) is 2.42. The zero-order valence-corrected chi connectivity index (χ0v) is 18.2. The molecule has 1 aromatic rings. The zero-order chi connectivity index (χ0) is 23.4. The normalized spacial score (nSPS) is 24.9. The molecule has 0 saturated carbocycles. The summed E-state index contributed by atoms with van der Waals surface area (Å²) < 4.78 is 15.5. The highest BCUT2D eigenvalue weighted by Crippen LogP contribution is 2.30. The van der Waals surface area contributed by atoms with Gasteiger partial charge in [0.1, 0.15) is 30.7 Å². The Labute approximate surface area is 176 Å². The van der Waals surface area contributed by atoms with Gasteiger partial charge in [0.2, 0.25) is 6.29 Å². The lowest BCUT2D eigenvalue weighted by Crippen LogP contribution is -2.61. The molecule has 5 atom stereocenters. The summed E-state index contributed by atoms with van der Waals surface area (Å²) in [5.74, 6) is -1.72. The number of benzene rings is 1. The summed E-state index contributed by atoms with van der Waals surface area (Å²) in [6, 6.07) is 4.75. The third-order valence-electron chi connectivity index (χ3n) is 3.81. The smallest absolute Gasteiger partial charge is 0.335 e. The number of aliphatic hydroxyl groups is 3. The highest BCUT2D eigenvalue weighted by atomic mass is 16.7. The van der Waals surface area contributed by atoms with Crippen LogP contribution in [0.25, 0.3) is 0 Å². The maximum Gasteiger partial charge on any atom is 0.335 e. The third-order valence-corrected chi connectivity index (χ3v) is 3.81. The molecule has 0 aliphatic carbocycles. The maximum atomic E-state index is 11.1. The van der Waals surface area contributed by atoms with Gasteiger partial charge in [-0.2, -0.15) is 0 Å². The second-order valence-electron chi connectivity index (χ2n) is 5.71.